The Morgan fingerprint density at radius 3 is 2.14 bits per heavy atom. The van der Waals surface area contributed by atoms with Gasteiger partial charge in [-0.05, 0) is 19.8 Å². The number of piperazine rings is 1. The molecule has 0 aromatic rings. The molecule has 0 unspecified atom stereocenters. The van der Waals surface area contributed by atoms with Crippen LogP contribution in [0.25, 0.3) is 0 Å². The number of piperidine rings is 1. The van der Waals surface area contributed by atoms with Gasteiger partial charge in [-0.1, -0.05) is 19.3 Å². The monoisotopic (exact) mass is 403 g/mol. The van der Waals surface area contributed by atoms with E-state index in [-0.39, 0.29) is 17.8 Å². The minimum Gasteiger partial charge on any atom is -0.450 e. The topological polar surface area (TPSA) is 70.2 Å². The van der Waals surface area contributed by atoms with Crippen molar-refractivity contribution >= 4 is 17.8 Å². The molecule has 0 radical (unpaired) electrons. The molecule has 29 heavy (non-hydrogen) atoms. The highest BCUT2D eigenvalue weighted by Crippen LogP contribution is 2.42. The lowest BCUT2D eigenvalue weighted by molar-refractivity contribution is -0.152. The van der Waals surface area contributed by atoms with Crippen LogP contribution in [-0.4, -0.2) is 83.4 Å². The average molecular weight is 404 g/mol. The first-order chi connectivity index (χ1) is 13.9. The lowest BCUT2D eigenvalue weighted by Crippen LogP contribution is -2.55. The molecule has 0 bridgehead atoms. The molecule has 3 fully saturated rings. The fourth-order valence-corrected chi connectivity index (χ4v) is 5.53. The van der Waals surface area contributed by atoms with Gasteiger partial charge in [-0.3, -0.25) is 14.5 Å². The molecule has 7 nitrogen and oxygen atoms in total. The molecule has 3 heterocycles. The molecule has 0 N–H and O–H groups in total. The number of carbonyl (C=O) groups is 3. The van der Waals surface area contributed by atoms with Crippen LogP contribution in [0, 0.1) is 0 Å². The summed E-state index contributed by atoms with van der Waals surface area (Å²) in [7, 11) is 0. The quantitative estimate of drug-likeness (QED) is 0.657. The zero-order valence-electron chi connectivity index (χ0n) is 17.7. The van der Waals surface area contributed by atoms with Crippen molar-refractivity contribution in [2.45, 2.75) is 70.4 Å². The van der Waals surface area contributed by atoms with Crippen molar-refractivity contribution in [2.75, 3.05) is 39.3 Å². The number of hydrogen-bond acceptors (Lipinski definition) is 5. The largest absolute Gasteiger partial charge is 0.450 e. The van der Waals surface area contributed by atoms with Gasteiger partial charge in [0.2, 0.25) is 5.91 Å². The molecule has 0 aromatic heterocycles. The number of ether oxygens (including phenoxy) is 1. The van der Waals surface area contributed by atoms with Crippen LogP contribution in [0.1, 0.15) is 58.8 Å². The van der Waals surface area contributed by atoms with E-state index in [1.807, 2.05) is 4.90 Å². The van der Waals surface area contributed by atoms with Crippen LogP contribution in [0.2, 0.25) is 0 Å². The Labute approximate surface area is 173 Å². The Hall–Kier alpha value is -1.89. The number of esters is 1. The molecule has 1 saturated carbocycles. The Kier molecular flexibility index (Phi) is 5.69. The second kappa shape index (κ2) is 8.09. The van der Waals surface area contributed by atoms with E-state index in [0.29, 0.717) is 56.2 Å². The second-order valence-corrected chi connectivity index (χ2v) is 9.01. The van der Waals surface area contributed by atoms with Crippen LogP contribution in [-0.2, 0) is 19.1 Å². The lowest BCUT2D eigenvalue weighted by atomic mass is 9.82. The minimum atomic E-state index is -0.856. The van der Waals surface area contributed by atoms with Gasteiger partial charge in [0.15, 0.2) is 0 Å². The van der Waals surface area contributed by atoms with Gasteiger partial charge in [-0.25, -0.2) is 4.79 Å². The number of nitrogens with zero attached hydrogens (tertiary/aromatic N) is 3. The number of likely N-dealkylation sites (tertiary alicyclic amines) is 1. The van der Waals surface area contributed by atoms with Crippen molar-refractivity contribution in [3.05, 3.63) is 11.1 Å². The van der Waals surface area contributed by atoms with Crippen LogP contribution in [0.5, 0.6) is 0 Å². The predicted molar refractivity (Wildman–Crippen MR) is 108 cm³/mol. The number of carbonyl (C=O) groups excluding carboxylic acids is 3. The third-order valence-corrected chi connectivity index (χ3v) is 7.35. The molecule has 160 valence electrons. The number of hydrogen-bond donors (Lipinski definition) is 0. The molecular formula is C22H33N3O4. The van der Waals surface area contributed by atoms with E-state index in [1.165, 1.54) is 32.1 Å². The van der Waals surface area contributed by atoms with Gasteiger partial charge in [0, 0.05) is 70.6 Å². The van der Waals surface area contributed by atoms with Crippen LogP contribution in [0.3, 0.4) is 0 Å². The molecule has 0 atom stereocenters. The highest BCUT2D eigenvalue weighted by atomic mass is 16.6. The number of rotatable bonds is 2. The minimum absolute atomic E-state index is 0.0246. The molecule has 4 rings (SSSR count). The average Bonchev–Trinajstić information content (AvgIpc) is 2.98. The van der Waals surface area contributed by atoms with Crippen molar-refractivity contribution in [1.82, 2.24) is 14.7 Å². The highest BCUT2D eigenvalue weighted by molar-refractivity contribution is 6.07. The van der Waals surface area contributed by atoms with Gasteiger partial charge in [0.25, 0.3) is 5.91 Å². The summed E-state index contributed by atoms with van der Waals surface area (Å²) in [5.41, 5.74) is 0.128. The zero-order valence-corrected chi connectivity index (χ0v) is 17.7. The van der Waals surface area contributed by atoms with Gasteiger partial charge in [-0.2, -0.15) is 0 Å². The van der Waals surface area contributed by atoms with Crippen molar-refractivity contribution < 1.29 is 19.1 Å². The Bertz CT molecular complexity index is 710. The molecule has 4 aliphatic rings. The first-order valence-electron chi connectivity index (χ1n) is 11.1. The highest BCUT2D eigenvalue weighted by Gasteiger charge is 2.52. The smallest absolute Gasteiger partial charge is 0.335 e. The zero-order chi connectivity index (χ0) is 20.6. The summed E-state index contributed by atoms with van der Waals surface area (Å²) in [4.78, 5) is 43.7. The van der Waals surface area contributed by atoms with Crippen LogP contribution in [0.15, 0.2) is 11.1 Å². The third-order valence-electron chi connectivity index (χ3n) is 7.35. The summed E-state index contributed by atoms with van der Waals surface area (Å²) in [6, 6.07) is 0.667. The van der Waals surface area contributed by atoms with Gasteiger partial charge in [-0.15, -0.1) is 0 Å². The van der Waals surface area contributed by atoms with E-state index < -0.39 is 5.60 Å². The molecule has 1 spiro atoms. The lowest BCUT2D eigenvalue weighted by Gasteiger charge is -2.43. The van der Waals surface area contributed by atoms with Crippen molar-refractivity contribution in [3.8, 4) is 0 Å². The van der Waals surface area contributed by atoms with E-state index in [2.05, 4.69) is 4.90 Å². The van der Waals surface area contributed by atoms with Crippen molar-refractivity contribution in [2.24, 2.45) is 0 Å². The van der Waals surface area contributed by atoms with Gasteiger partial charge in [0.1, 0.15) is 5.60 Å². The van der Waals surface area contributed by atoms with Crippen LogP contribution in [0.4, 0.5) is 0 Å². The summed E-state index contributed by atoms with van der Waals surface area (Å²) >= 11 is 0. The second-order valence-electron chi connectivity index (χ2n) is 9.01. The molecule has 2 saturated heterocycles. The Morgan fingerprint density at radius 2 is 1.55 bits per heavy atom. The maximum Gasteiger partial charge on any atom is 0.335 e. The van der Waals surface area contributed by atoms with Crippen molar-refractivity contribution in [1.29, 1.82) is 0 Å². The molecule has 2 amide bonds. The van der Waals surface area contributed by atoms with E-state index in [4.69, 9.17) is 4.74 Å². The molecular weight excluding hydrogens is 370 g/mol. The maximum atomic E-state index is 13.5. The van der Waals surface area contributed by atoms with E-state index in [1.54, 1.807) is 18.7 Å². The summed E-state index contributed by atoms with van der Waals surface area (Å²) < 4.78 is 5.76. The maximum absolute atomic E-state index is 13.5. The summed E-state index contributed by atoms with van der Waals surface area (Å²) in [5, 5.41) is 0. The van der Waals surface area contributed by atoms with Gasteiger partial charge >= 0.3 is 5.97 Å². The predicted octanol–water partition coefficient (Wildman–Crippen LogP) is 1.72. The van der Waals surface area contributed by atoms with E-state index >= 15 is 0 Å². The molecule has 7 heteroatoms. The Balaban J connectivity index is 1.44. The van der Waals surface area contributed by atoms with Gasteiger partial charge < -0.3 is 14.5 Å². The fraction of sp³-hybridized carbons (Fsp3) is 0.773. The molecule has 0 aromatic carbocycles. The normalized spacial score (nSPS) is 26.2. The fourth-order valence-electron chi connectivity index (χ4n) is 5.53. The van der Waals surface area contributed by atoms with Crippen molar-refractivity contribution in [3.63, 3.8) is 0 Å². The van der Waals surface area contributed by atoms with Gasteiger partial charge in [0.05, 0.1) is 5.57 Å². The Morgan fingerprint density at radius 1 is 0.931 bits per heavy atom. The molecule has 1 aliphatic carbocycles. The SMILES string of the molecule is CC(=O)N1CCC2(CC1)OC(=O)C(C)=C2C(=O)N1CCN(C2CCCCC2)CC1. The first-order valence-corrected chi connectivity index (χ1v) is 11.1. The summed E-state index contributed by atoms with van der Waals surface area (Å²) in [6.07, 6.45) is 7.52. The summed E-state index contributed by atoms with van der Waals surface area (Å²) in [6.45, 7) is 7.51. The third kappa shape index (κ3) is 3.81. The van der Waals surface area contributed by atoms with E-state index in [0.717, 1.165) is 13.1 Å². The standard InChI is InChI=1S/C22H33N3O4/c1-16-19(22(29-21(16)28)8-10-23(11-9-22)17(2)26)20(27)25-14-12-24(13-15-25)18-6-4-3-5-7-18/h18H,3-15H2,1-2H3. The van der Waals surface area contributed by atoms with Crippen LogP contribution >= 0.6 is 0 Å². The summed E-state index contributed by atoms with van der Waals surface area (Å²) in [5.74, 6) is -0.407. The molecule has 3 aliphatic heterocycles. The van der Waals surface area contributed by atoms with Crippen LogP contribution < -0.4 is 0 Å². The number of amides is 2. The van der Waals surface area contributed by atoms with E-state index in [9.17, 15) is 14.4 Å². The first kappa shape index (κ1) is 20.4.